The van der Waals surface area contributed by atoms with Crippen LogP contribution < -0.4 is 5.32 Å². The minimum absolute atomic E-state index is 0.263. The van der Waals surface area contributed by atoms with E-state index in [1.807, 2.05) is 11.9 Å². The molecule has 1 atom stereocenters. The molecule has 3 nitrogen and oxygen atoms in total. The van der Waals surface area contributed by atoms with Gasteiger partial charge in [-0.25, -0.2) is 0 Å². The molecule has 1 fully saturated rings. The van der Waals surface area contributed by atoms with Crippen molar-refractivity contribution < 1.29 is 4.79 Å². The first-order valence-electron chi connectivity index (χ1n) is 6.66. The number of carbonyl (C=O) groups is 1. The summed E-state index contributed by atoms with van der Waals surface area (Å²) < 4.78 is 1.34. The van der Waals surface area contributed by atoms with Crippen LogP contribution in [-0.4, -0.2) is 30.4 Å². The number of nitrogens with zero attached hydrogens (tertiary/aromatic N) is 1. The Morgan fingerprint density at radius 3 is 3.11 bits per heavy atom. The molecule has 1 N–H and O–H groups in total. The summed E-state index contributed by atoms with van der Waals surface area (Å²) in [6.45, 7) is 1.71. The Balaban J connectivity index is 1.65. The van der Waals surface area contributed by atoms with Crippen LogP contribution in [0.25, 0.3) is 10.1 Å². The molecule has 0 spiro atoms. The zero-order chi connectivity index (χ0) is 13.2. The monoisotopic (exact) mass is 274 g/mol. The van der Waals surface area contributed by atoms with Gasteiger partial charge in [-0.15, -0.1) is 11.3 Å². The van der Waals surface area contributed by atoms with Crippen LogP contribution in [0.2, 0.25) is 0 Å². The van der Waals surface area contributed by atoms with Gasteiger partial charge in [-0.1, -0.05) is 18.2 Å². The van der Waals surface area contributed by atoms with Gasteiger partial charge in [0.25, 0.3) is 0 Å². The Bertz CT molecular complexity index is 593. The molecule has 0 radical (unpaired) electrons. The summed E-state index contributed by atoms with van der Waals surface area (Å²) in [4.78, 5) is 13.3. The van der Waals surface area contributed by atoms with Gasteiger partial charge in [0.05, 0.1) is 0 Å². The second-order valence-electron chi connectivity index (χ2n) is 5.15. The first kappa shape index (κ1) is 12.6. The van der Waals surface area contributed by atoms with E-state index in [1.54, 1.807) is 11.3 Å². The smallest absolute Gasteiger partial charge is 0.222 e. The lowest BCUT2D eigenvalue weighted by molar-refractivity contribution is -0.132. The zero-order valence-corrected chi connectivity index (χ0v) is 11.9. The van der Waals surface area contributed by atoms with E-state index in [0.29, 0.717) is 12.5 Å². The van der Waals surface area contributed by atoms with E-state index in [1.165, 1.54) is 15.6 Å². The number of thiophene rings is 1. The molecule has 3 rings (SSSR count). The molecule has 1 saturated heterocycles. The highest BCUT2D eigenvalue weighted by Crippen LogP contribution is 2.25. The second-order valence-corrected chi connectivity index (χ2v) is 6.06. The van der Waals surface area contributed by atoms with Crippen LogP contribution in [0.3, 0.4) is 0 Å². The minimum Gasteiger partial charge on any atom is -0.344 e. The molecule has 19 heavy (non-hydrogen) atoms. The van der Waals surface area contributed by atoms with E-state index < -0.39 is 0 Å². The molecule has 4 heteroatoms. The molecule has 1 aromatic carbocycles. The van der Waals surface area contributed by atoms with Crippen molar-refractivity contribution in [3.63, 3.8) is 0 Å². The van der Waals surface area contributed by atoms with E-state index in [-0.39, 0.29) is 5.91 Å². The topological polar surface area (TPSA) is 32.3 Å². The van der Waals surface area contributed by atoms with Crippen molar-refractivity contribution in [3.05, 3.63) is 35.2 Å². The number of likely N-dealkylation sites (N-methyl/N-ethyl adjacent to an activating group) is 1. The standard InChI is InChI=1S/C15H18N2OS/c1-17-9-12(6-7-15(17)18)16-8-11-10-19-14-5-3-2-4-13(11)14/h2-5,10,12,16H,6-9H2,1H3. The van der Waals surface area contributed by atoms with Crippen molar-refractivity contribution >= 4 is 27.3 Å². The SMILES string of the molecule is CN1CC(NCc2csc3ccccc23)CCC1=O. The number of likely N-dealkylation sites (tertiary alicyclic amines) is 1. The van der Waals surface area contributed by atoms with Crippen molar-refractivity contribution in [2.45, 2.75) is 25.4 Å². The minimum atomic E-state index is 0.263. The molecule has 100 valence electrons. The summed E-state index contributed by atoms with van der Waals surface area (Å²) in [5.41, 5.74) is 1.36. The molecule has 1 aromatic heterocycles. The quantitative estimate of drug-likeness (QED) is 0.933. The number of hydrogen-bond donors (Lipinski definition) is 1. The van der Waals surface area contributed by atoms with Gasteiger partial charge in [-0.05, 0) is 28.8 Å². The predicted octanol–water partition coefficient (Wildman–Crippen LogP) is 2.61. The van der Waals surface area contributed by atoms with Crippen molar-refractivity contribution in [2.24, 2.45) is 0 Å². The lowest BCUT2D eigenvalue weighted by Gasteiger charge is -2.30. The van der Waals surface area contributed by atoms with Crippen LogP contribution in [0.5, 0.6) is 0 Å². The van der Waals surface area contributed by atoms with Crippen molar-refractivity contribution in [1.82, 2.24) is 10.2 Å². The molecular weight excluding hydrogens is 256 g/mol. The van der Waals surface area contributed by atoms with E-state index in [0.717, 1.165) is 19.5 Å². The van der Waals surface area contributed by atoms with Crippen LogP contribution in [0.1, 0.15) is 18.4 Å². The van der Waals surface area contributed by atoms with E-state index in [2.05, 4.69) is 35.0 Å². The number of benzene rings is 1. The van der Waals surface area contributed by atoms with Crippen LogP contribution in [-0.2, 0) is 11.3 Å². The van der Waals surface area contributed by atoms with Gasteiger partial charge >= 0.3 is 0 Å². The summed E-state index contributed by atoms with van der Waals surface area (Å²) in [6.07, 6.45) is 1.61. The van der Waals surface area contributed by atoms with Crippen LogP contribution >= 0.6 is 11.3 Å². The van der Waals surface area contributed by atoms with E-state index in [4.69, 9.17) is 0 Å². The van der Waals surface area contributed by atoms with Gasteiger partial charge in [0.15, 0.2) is 0 Å². The molecule has 0 aliphatic carbocycles. The average molecular weight is 274 g/mol. The Morgan fingerprint density at radius 2 is 2.26 bits per heavy atom. The molecule has 2 heterocycles. The summed E-state index contributed by atoms with van der Waals surface area (Å²) in [5, 5.41) is 7.16. The molecule has 1 amide bonds. The fourth-order valence-electron chi connectivity index (χ4n) is 2.60. The molecule has 1 aliphatic rings. The number of amides is 1. The van der Waals surface area contributed by atoms with E-state index >= 15 is 0 Å². The molecule has 1 aliphatic heterocycles. The van der Waals surface area contributed by atoms with Gasteiger partial charge in [0, 0.05) is 37.3 Å². The fraction of sp³-hybridized carbons (Fsp3) is 0.400. The molecule has 2 aromatic rings. The van der Waals surface area contributed by atoms with Gasteiger partial charge in [-0.2, -0.15) is 0 Å². The Morgan fingerprint density at radius 1 is 1.42 bits per heavy atom. The van der Waals surface area contributed by atoms with Gasteiger partial charge in [0.1, 0.15) is 0 Å². The lowest BCUT2D eigenvalue weighted by Crippen LogP contribution is -2.46. The number of fused-ring (bicyclic) bond motifs is 1. The third-order valence-electron chi connectivity index (χ3n) is 3.77. The second kappa shape index (κ2) is 5.31. The lowest BCUT2D eigenvalue weighted by atomic mass is 10.1. The highest BCUT2D eigenvalue weighted by atomic mass is 32.1. The Kier molecular flexibility index (Phi) is 3.53. The number of piperidine rings is 1. The molecule has 1 unspecified atom stereocenters. The number of carbonyl (C=O) groups excluding carboxylic acids is 1. The predicted molar refractivity (Wildman–Crippen MR) is 79.3 cm³/mol. The van der Waals surface area contributed by atoms with Crippen molar-refractivity contribution in [2.75, 3.05) is 13.6 Å². The maximum absolute atomic E-state index is 11.4. The van der Waals surface area contributed by atoms with Crippen LogP contribution in [0.4, 0.5) is 0 Å². The van der Waals surface area contributed by atoms with Crippen LogP contribution in [0, 0.1) is 0 Å². The largest absolute Gasteiger partial charge is 0.344 e. The normalized spacial score (nSPS) is 20.2. The zero-order valence-electron chi connectivity index (χ0n) is 11.1. The summed E-state index contributed by atoms with van der Waals surface area (Å²) >= 11 is 1.80. The maximum Gasteiger partial charge on any atom is 0.222 e. The first-order valence-corrected chi connectivity index (χ1v) is 7.54. The van der Waals surface area contributed by atoms with Gasteiger partial charge in [0.2, 0.25) is 5.91 Å². The van der Waals surface area contributed by atoms with E-state index in [9.17, 15) is 4.79 Å². The van der Waals surface area contributed by atoms with Crippen molar-refractivity contribution in [1.29, 1.82) is 0 Å². The summed E-state index contributed by atoms with van der Waals surface area (Å²) in [7, 11) is 1.89. The highest BCUT2D eigenvalue weighted by molar-refractivity contribution is 7.17. The van der Waals surface area contributed by atoms with Gasteiger partial charge in [-0.3, -0.25) is 4.79 Å². The third kappa shape index (κ3) is 2.65. The number of nitrogens with one attached hydrogen (secondary N) is 1. The van der Waals surface area contributed by atoms with Gasteiger partial charge < -0.3 is 10.2 Å². The third-order valence-corrected chi connectivity index (χ3v) is 4.78. The number of rotatable bonds is 3. The maximum atomic E-state index is 11.4. The first-order chi connectivity index (χ1) is 9.24. The summed E-state index contributed by atoms with van der Waals surface area (Å²) in [6, 6.07) is 8.93. The van der Waals surface area contributed by atoms with Crippen molar-refractivity contribution in [3.8, 4) is 0 Å². The molecule has 0 saturated carbocycles. The number of hydrogen-bond acceptors (Lipinski definition) is 3. The Labute approximate surface area is 117 Å². The molecular formula is C15H18N2OS. The fourth-order valence-corrected chi connectivity index (χ4v) is 3.57. The Hall–Kier alpha value is -1.39. The molecule has 0 bridgehead atoms. The average Bonchev–Trinajstić information content (AvgIpc) is 2.83. The summed E-state index contributed by atoms with van der Waals surface area (Å²) in [5.74, 6) is 0.263. The van der Waals surface area contributed by atoms with Crippen LogP contribution in [0.15, 0.2) is 29.6 Å². The highest BCUT2D eigenvalue weighted by Gasteiger charge is 2.22.